The van der Waals surface area contributed by atoms with Gasteiger partial charge >= 0.3 is 6.09 Å². The Balaban J connectivity index is 1.18. The van der Waals surface area contributed by atoms with Gasteiger partial charge in [0.05, 0.1) is 18.8 Å². The molecule has 2 fully saturated rings. The van der Waals surface area contributed by atoms with Crippen molar-refractivity contribution in [2.45, 2.75) is 83.5 Å². The number of aryl methyl sites for hydroxylation is 1. The van der Waals surface area contributed by atoms with E-state index in [1.807, 2.05) is 24.3 Å². The lowest BCUT2D eigenvalue weighted by Crippen LogP contribution is -2.51. The largest absolute Gasteiger partial charge is 0.487 e. The van der Waals surface area contributed by atoms with E-state index in [0.717, 1.165) is 61.8 Å². The van der Waals surface area contributed by atoms with Gasteiger partial charge in [-0.3, -0.25) is 4.79 Å². The number of rotatable bonds is 4. The topological polar surface area (TPSA) is 88.1 Å². The fourth-order valence-electron chi connectivity index (χ4n) is 5.69. The van der Waals surface area contributed by atoms with Gasteiger partial charge in [0.25, 0.3) is 5.91 Å². The molecule has 2 amide bonds. The number of piperidine rings is 1. The molecule has 0 aromatic heterocycles. The fourth-order valence-corrected chi connectivity index (χ4v) is 5.69. The van der Waals surface area contributed by atoms with Crippen molar-refractivity contribution in [1.82, 2.24) is 10.2 Å². The number of nitrogens with one attached hydrogen (secondary N) is 1. The molecule has 1 spiro atoms. The van der Waals surface area contributed by atoms with Crippen LogP contribution in [0.15, 0.2) is 42.5 Å². The predicted molar refractivity (Wildman–Crippen MR) is 146 cm³/mol. The summed E-state index contributed by atoms with van der Waals surface area (Å²) in [4.78, 5) is 26.9. The number of amides is 2. The third kappa shape index (κ3) is 5.98. The minimum atomic E-state index is -0.447. The highest BCUT2D eigenvalue weighted by Crippen LogP contribution is 2.41. The van der Waals surface area contributed by atoms with Crippen LogP contribution in [0.25, 0.3) is 11.1 Å². The predicted octanol–water partition coefficient (Wildman–Crippen LogP) is 5.34. The number of fused-ring (bicyclic) bond motifs is 1. The molecule has 7 heteroatoms. The summed E-state index contributed by atoms with van der Waals surface area (Å²) in [7, 11) is 0. The summed E-state index contributed by atoms with van der Waals surface area (Å²) in [6.45, 7) is 7.89. The molecule has 5 rings (SSSR count). The number of hydrogen-bond donors (Lipinski definition) is 2. The Morgan fingerprint density at radius 2 is 1.76 bits per heavy atom. The Kier molecular flexibility index (Phi) is 7.40. The molecule has 3 aliphatic rings. The van der Waals surface area contributed by atoms with Crippen LogP contribution in [0.2, 0.25) is 0 Å². The molecule has 204 valence electrons. The summed E-state index contributed by atoms with van der Waals surface area (Å²) in [5, 5.41) is 12.9. The molecule has 2 N–H and O–H groups in total. The van der Waals surface area contributed by atoms with Crippen LogP contribution < -0.4 is 10.1 Å². The van der Waals surface area contributed by atoms with Gasteiger partial charge < -0.3 is 24.8 Å². The number of carbonyl (C=O) groups is 2. The molecule has 7 nitrogen and oxygen atoms in total. The van der Waals surface area contributed by atoms with Crippen LogP contribution in [0.4, 0.5) is 4.79 Å². The van der Waals surface area contributed by atoms with Gasteiger partial charge in [-0.05, 0) is 78.5 Å². The third-order valence-electron chi connectivity index (χ3n) is 8.07. The monoisotopic (exact) mass is 520 g/mol. The fraction of sp³-hybridized carbons (Fsp3) is 0.548. The minimum Gasteiger partial charge on any atom is -0.487 e. The SMILES string of the molecule is CC(C)(C)COC(=O)N1CCC2(CCc3cc(-c4ccc(C(=O)NC5CCCC5O)cc4)ccc3O2)CC1. The summed E-state index contributed by atoms with van der Waals surface area (Å²) in [5.74, 6) is 0.787. The van der Waals surface area contributed by atoms with Crippen molar-refractivity contribution in [2.75, 3.05) is 19.7 Å². The van der Waals surface area contributed by atoms with E-state index in [-0.39, 0.29) is 29.1 Å². The van der Waals surface area contributed by atoms with Gasteiger partial charge in [0.1, 0.15) is 11.4 Å². The third-order valence-corrected chi connectivity index (χ3v) is 8.07. The molecule has 2 atom stereocenters. The highest BCUT2D eigenvalue weighted by Gasteiger charge is 2.41. The van der Waals surface area contributed by atoms with Gasteiger partial charge in [0.15, 0.2) is 0 Å². The van der Waals surface area contributed by atoms with Crippen LogP contribution in [0.5, 0.6) is 5.75 Å². The zero-order valence-corrected chi connectivity index (χ0v) is 22.8. The molecular weight excluding hydrogens is 480 g/mol. The molecule has 2 aliphatic heterocycles. The molecule has 1 aliphatic carbocycles. The number of carbonyl (C=O) groups excluding carboxylic acids is 2. The summed E-state index contributed by atoms with van der Waals surface area (Å²) in [5.41, 5.74) is 3.67. The zero-order valence-electron chi connectivity index (χ0n) is 22.8. The second kappa shape index (κ2) is 10.6. The normalized spacial score (nSPS) is 22.5. The van der Waals surface area contributed by atoms with Crippen molar-refractivity contribution in [1.29, 1.82) is 0 Å². The second-order valence-corrected chi connectivity index (χ2v) is 12.4. The molecule has 1 saturated carbocycles. The second-order valence-electron chi connectivity index (χ2n) is 12.4. The molecule has 1 saturated heterocycles. The quantitative estimate of drug-likeness (QED) is 0.568. The van der Waals surface area contributed by atoms with E-state index >= 15 is 0 Å². The molecule has 0 bridgehead atoms. The van der Waals surface area contributed by atoms with E-state index in [1.54, 1.807) is 4.90 Å². The van der Waals surface area contributed by atoms with E-state index in [9.17, 15) is 14.7 Å². The molecule has 2 aromatic rings. The maximum Gasteiger partial charge on any atom is 0.409 e. The van der Waals surface area contributed by atoms with Gasteiger partial charge in [-0.15, -0.1) is 0 Å². The van der Waals surface area contributed by atoms with Crippen LogP contribution in [0.3, 0.4) is 0 Å². The molecule has 0 radical (unpaired) electrons. The summed E-state index contributed by atoms with van der Waals surface area (Å²) >= 11 is 0. The summed E-state index contributed by atoms with van der Waals surface area (Å²) < 4.78 is 12.1. The maximum atomic E-state index is 12.6. The summed E-state index contributed by atoms with van der Waals surface area (Å²) in [6.07, 6.45) is 5.32. The van der Waals surface area contributed by atoms with Crippen molar-refractivity contribution in [3.05, 3.63) is 53.6 Å². The number of ether oxygens (including phenoxy) is 2. The van der Waals surface area contributed by atoms with E-state index in [0.29, 0.717) is 25.3 Å². The Morgan fingerprint density at radius 1 is 1.05 bits per heavy atom. The number of likely N-dealkylation sites (tertiary alicyclic amines) is 1. The summed E-state index contributed by atoms with van der Waals surface area (Å²) in [6, 6.07) is 13.8. The van der Waals surface area contributed by atoms with E-state index < -0.39 is 6.10 Å². The Hall–Kier alpha value is -3.06. The maximum absolute atomic E-state index is 12.6. The van der Waals surface area contributed by atoms with Crippen LogP contribution in [-0.2, 0) is 11.2 Å². The van der Waals surface area contributed by atoms with Crippen LogP contribution >= 0.6 is 0 Å². The average Bonchev–Trinajstić information content (AvgIpc) is 3.31. The lowest BCUT2D eigenvalue weighted by atomic mass is 9.82. The van der Waals surface area contributed by atoms with E-state index in [2.05, 4.69) is 44.3 Å². The van der Waals surface area contributed by atoms with Crippen LogP contribution in [-0.4, -0.2) is 59.5 Å². The number of aliphatic hydroxyl groups excluding tert-OH is 1. The molecule has 2 heterocycles. The molecular formula is C31H40N2O5. The number of aliphatic hydroxyl groups is 1. The molecule has 2 unspecified atom stereocenters. The lowest BCUT2D eigenvalue weighted by molar-refractivity contribution is -0.0171. The van der Waals surface area contributed by atoms with Gasteiger partial charge in [-0.2, -0.15) is 0 Å². The van der Waals surface area contributed by atoms with Crippen LogP contribution in [0, 0.1) is 5.41 Å². The number of hydrogen-bond acceptors (Lipinski definition) is 5. The Morgan fingerprint density at radius 3 is 2.42 bits per heavy atom. The zero-order chi connectivity index (χ0) is 26.9. The first-order valence-corrected chi connectivity index (χ1v) is 13.9. The number of benzene rings is 2. The average molecular weight is 521 g/mol. The van der Waals surface area contributed by atoms with E-state index in [1.165, 1.54) is 5.56 Å². The smallest absolute Gasteiger partial charge is 0.409 e. The standard InChI is InChI=1S/C31H40N2O5/c1-30(2,3)20-37-29(36)33-17-15-31(16-18-33)14-13-24-19-23(11-12-27(24)38-31)21-7-9-22(10-8-21)28(35)32-25-5-4-6-26(25)34/h7-12,19,25-26,34H,4-6,13-18,20H2,1-3H3,(H,32,35). The first kappa shape index (κ1) is 26.5. The van der Waals surface area contributed by atoms with Gasteiger partial charge in [-0.1, -0.05) is 39.0 Å². The number of nitrogens with zero attached hydrogens (tertiary/aromatic N) is 1. The lowest BCUT2D eigenvalue weighted by Gasteiger charge is -2.44. The van der Waals surface area contributed by atoms with Crippen molar-refractivity contribution in [3.63, 3.8) is 0 Å². The van der Waals surface area contributed by atoms with Gasteiger partial charge in [0, 0.05) is 31.5 Å². The van der Waals surface area contributed by atoms with Gasteiger partial charge in [-0.25, -0.2) is 4.79 Å². The van der Waals surface area contributed by atoms with Crippen molar-refractivity contribution in [2.24, 2.45) is 5.41 Å². The van der Waals surface area contributed by atoms with Crippen molar-refractivity contribution >= 4 is 12.0 Å². The Labute approximate surface area is 225 Å². The first-order chi connectivity index (χ1) is 18.1. The highest BCUT2D eigenvalue weighted by molar-refractivity contribution is 5.95. The highest BCUT2D eigenvalue weighted by atomic mass is 16.6. The molecule has 38 heavy (non-hydrogen) atoms. The first-order valence-electron chi connectivity index (χ1n) is 13.9. The van der Waals surface area contributed by atoms with E-state index in [4.69, 9.17) is 9.47 Å². The molecule has 2 aromatic carbocycles. The minimum absolute atomic E-state index is 0.0438. The van der Waals surface area contributed by atoms with Gasteiger partial charge in [0.2, 0.25) is 0 Å². The Bertz CT molecular complexity index is 1160. The van der Waals surface area contributed by atoms with Crippen molar-refractivity contribution < 1.29 is 24.2 Å². The van der Waals surface area contributed by atoms with Crippen molar-refractivity contribution in [3.8, 4) is 16.9 Å². The van der Waals surface area contributed by atoms with Crippen LogP contribution in [0.1, 0.15) is 75.2 Å².